The number of carboxylic acid groups (broad SMARTS) is 1. The summed E-state index contributed by atoms with van der Waals surface area (Å²) < 4.78 is 2.24. The predicted octanol–water partition coefficient (Wildman–Crippen LogP) is 0.799. The molecule has 0 radical (unpaired) electrons. The van der Waals surface area contributed by atoms with Gasteiger partial charge in [-0.15, -0.1) is 0 Å². The fourth-order valence-electron chi connectivity index (χ4n) is 2.61. The molecule has 2 amide bonds. The molecule has 1 atom stereocenters. The van der Waals surface area contributed by atoms with E-state index in [1.54, 1.807) is 16.8 Å². The first kappa shape index (κ1) is 14.5. The minimum atomic E-state index is -0.787. The number of piperidine rings is 1. The van der Waals surface area contributed by atoms with Crippen LogP contribution in [-0.2, 0) is 4.79 Å². The van der Waals surface area contributed by atoms with E-state index < -0.39 is 11.9 Å². The van der Waals surface area contributed by atoms with Crippen molar-refractivity contribution in [3.63, 3.8) is 0 Å². The molecular formula is C12H21N3O3S. The summed E-state index contributed by atoms with van der Waals surface area (Å²) in [5.41, 5.74) is 0. The van der Waals surface area contributed by atoms with Gasteiger partial charge in [-0.1, -0.05) is 11.9 Å². The zero-order valence-electron chi connectivity index (χ0n) is 11.2. The van der Waals surface area contributed by atoms with Crippen molar-refractivity contribution < 1.29 is 14.7 Å². The van der Waals surface area contributed by atoms with Crippen molar-refractivity contribution in [3.8, 4) is 0 Å². The van der Waals surface area contributed by atoms with Crippen LogP contribution in [0.25, 0.3) is 0 Å². The lowest BCUT2D eigenvalue weighted by molar-refractivity contribution is -0.143. The monoisotopic (exact) mass is 287 g/mol. The van der Waals surface area contributed by atoms with Gasteiger partial charge in [0.25, 0.3) is 0 Å². The van der Waals surface area contributed by atoms with Crippen LogP contribution >= 0.6 is 11.9 Å². The molecule has 2 aliphatic rings. The van der Waals surface area contributed by atoms with Crippen molar-refractivity contribution in [1.82, 2.24) is 14.1 Å². The number of hydrogen-bond acceptors (Lipinski definition) is 4. The van der Waals surface area contributed by atoms with E-state index in [4.69, 9.17) is 5.11 Å². The molecule has 0 aliphatic carbocycles. The molecule has 0 bridgehead atoms. The number of nitrogens with zero attached hydrogens (tertiary/aromatic N) is 3. The smallest absolute Gasteiger partial charge is 0.320 e. The summed E-state index contributed by atoms with van der Waals surface area (Å²) in [6, 6.07) is 0.00621. The molecule has 108 valence electrons. The van der Waals surface area contributed by atoms with Gasteiger partial charge in [-0.3, -0.25) is 4.79 Å². The summed E-state index contributed by atoms with van der Waals surface area (Å²) in [6.45, 7) is 4.26. The minimum absolute atomic E-state index is 0.00621. The predicted molar refractivity (Wildman–Crippen MR) is 74.0 cm³/mol. The molecule has 2 saturated heterocycles. The number of piperazine rings is 1. The van der Waals surface area contributed by atoms with E-state index in [9.17, 15) is 9.59 Å². The Hall–Kier alpha value is -0.950. The number of hydrogen-bond donors (Lipinski definition) is 1. The van der Waals surface area contributed by atoms with Crippen molar-refractivity contribution >= 4 is 23.9 Å². The van der Waals surface area contributed by atoms with Crippen LogP contribution in [0.1, 0.15) is 12.8 Å². The van der Waals surface area contributed by atoms with Crippen molar-refractivity contribution in [1.29, 1.82) is 0 Å². The molecule has 0 saturated carbocycles. The number of aliphatic carboxylic acids is 1. The first-order valence-electron chi connectivity index (χ1n) is 6.67. The summed E-state index contributed by atoms with van der Waals surface area (Å²) in [5.74, 6) is -1.19. The van der Waals surface area contributed by atoms with Crippen LogP contribution in [-0.4, -0.2) is 76.7 Å². The number of amides is 2. The Morgan fingerprint density at radius 2 is 1.79 bits per heavy atom. The molecule has 19 heavy (non-hydrogen) atoms. The van der Waals surface area contributed by atoms with Crippen LogP contribution in [0.2, 0.25) is 0 Å². The average Bonchev–Trinajstić information content (AvgIpc) is 2.46. The third-order valence-electron chi connectivity index (χ3n) is 3.81. The van der Waals surface area contributed by atoms with Gasteiger partial charge in [0.15, 0.2) is 0 Å². The minimum Gasteiger partial charge on any atom is -0.481 e. The van der Waals surface area contributed by atoms with Crippen LogP contribution in [0, 0.1) is 5.92 Å². The number of urea groups is 1. The fourth-order valence-corrected chi connectivity index (χ4v) is 3.14. The summed E-state index contributed by atoms with van der Waals surface area (Å²) in [6.07, 6.45) is 3.51. The second-order valence-corrected chi connectivity index (χ2v) is 5.89. The Balaban J connectivity index is 1.87. The average molecular weight is 287 g/mol. The SMILES string of the molecule is CSN1CCN(C(=O)N2CCCC(C(=O)O)C2)CC1. The number of likely N-dealkylation sites (tertiary alicyclic amines) is 1. The van der Waals surface area contributed by atoms with Crippen molar-refractivity contribution in [2.75, 3.05) is 45.5 Å². The quantitative estimate of drug-likeness (QED) is 0.761. The Morgan fingerprint density at radius 3 is 2.37 bits per heavy atom. The standard InChI is InChI=1S/C12H21N3O3S/c1-19-15-7-5-13(6-8-15)12(18)14-4-2-3-10(9-14)11(16)17/h10H,2-9H2,1H3,(H,16,17). The van der Waals surface area contributed by atoms with Crippen LogP contribution in [0.4, 0.5) is 4.79 Å². The van der Waals surface area contributed by atoms with E-state index in [0.717, 1.165) is 32.6 Å². The fraction of sp³-hybridized carbons (Fsp3) is 0.833. The lowest BCUT2D eigenvalue weighted by atomic mass is 9.98. The molecule has 7 heteroatoms. The number of carboxylic acids is 1. The van der Waals surface area contributed by atoms with Gasteiger partial charge in [0.05, 0.1) is 5.92 Å². The molecule has 0 aromatic carbocycles. The first-order chi connectivity index (χ1) is 9.11. The Kier molecular flexibility index (Phi) is 4.93. The zero-order valence-corrected chi connectivity index (χ0v) is 12.1. The summed E-state index contributed by atoms with van der Waals surface area (Å²) in [7, 11) is 0. The number of carbonyl (C=O) groups is 2. The van der Waals surface area contributed by atoms with Crippen molar-refractivity contribution in [2.45, 2.75) is 12.8 Å². The maximum absolute atomic E-state index is 12.3. The maximum Gasteiger partial charge on any atom is 0.320 e. The summed E-state index contributed by atoms with van der Waals surface area (Å²) in [5, 5.41) is 9.05. The highest BCUT2D eigenvalue weighted by Gasteiger charge is 2.31. The lowest BCUT2D eigenvalue weighted by Crippen LogP contribution is -2.53. The van der Waals surface area contributed by atoms with Gasteiger partial charge >= 0.3 is 12.0 Å². The molecule has 6 nitrogen and oxygen atoms in total. The third kappa shape index (κ3) is 3.54. The highest BCUT2D eigenvalue weighted by atomic mass is 32.2. The molecule has 2 aliphatic heterocycles. The zero-order chi connectivity index (χ0) is 13.8. The molecular weight excluding hydrogens is 266 g/mol. The van der Waals surface area contributed by atoms with Gasteiger partial charge in [0, 0.05) is 39.3 Å². The van der Waals surface area contributed by atoms with Crippen LogP contribution in [0.3, 0.4) is 0 Å². The number of carbonyl (C=O) groups excluding carboxylic acids is 1. The van der Waals surface area contributed by atoms with E-state index >= 15 is 0 Å². The van der Waals surface area contributed by atoms with E-state index in [-0.39, 0.29) is 6.03 Å². The van der Waals surface area contributed by atoms with Gasteiger partial charge in [-0.2, -0.15) is 0 Å². The Labute approximate surface area is 117 Å². The molecule has 2 fully saturated rings. The van der Waals surface area contributed by atoms with Gasteiger partial charge in [0.1, 0.15) is 0 Å². The van der Waals surface area contributed by atoms with Gasteiger partial charge in [0.2, 0.25) is 0 Å². The third-order valence-corrected chi connectivity index (χ3v) is 4.69. The lowest BCUT2D eigenvalue weighted by Gasteiger charge is -2.38. The molecule has 0 aromatic heterocycles. The molecule has 2 heterocycles. The molecule has 2 rings (SSSR count). The van der Waals surface area contributed by atoms with E-state index in [1.165, 1.54) is 0 Å². The second kappa shape index (κ2) is 6.47. The van der Waals surface area contributed by atoms with E-state index in [2.05, 4.69) is 4.31 Å². The summed E-state index contributed by atoms with van der Waals surface area (Å²) >= 11 is 1.70. The van der Waals surface area contributed by atoms with E-state index in [1.807, 2.05) is 11.2 Å². The maximum atomic E-state index is 12.3. The van der Waals surface area contributed by atoms with Crippen LogP contribution in [0.5, 0.6) is 0 Å². The topological polar surface area (TPSA) is 64.1 Å². The molecule has 0 aromatic rings. The second-order valence-electron chi connectivity index (χ2n) is 5.00. The van der Waals surface area contributed by atoms with Crippen molar-refractivity contribution in [3.05, 3.63) is 0 Å². The van der Waals surface area contributed by atoms with Crippen LogP contribution in [0.15, 0.2) is 0 Å². The highest BCUT2D eigenvalue weighted by molar-refractivity contribution is 7.96. The largest absolute Gasteiger partial charge is 0.481 e. The van der Waals surface area contributed by atoms with Crippen LogP contribution < -0.4 is 0 Å². The molecule has 1 N–H and O–H groups in total. The molecule has 1 unspecified atom stereocenters. The Bertz CT molecular complexity index is 345. The Morgan fingerprint density at radius 1 is 1.11 bits per heavy atom. The molecule has 0 spiro atoms. The van der Waals surface area contributed by atoms with Crippen molar-refractivity contribution in [2.24, 2.45) is 5.92 Å². The van der Waals surface area contributed by atoms with E-state index in [0.29, 0.717) is 19.5 Å². The summed E-state index contributed by atoms with van der Waals surface area (Å²) in [4.78, 5) is 26.9. The van der Waals surface area contributed by atoms with Gasteiger partial charge in [-0.05, 0) is 19.1 Å². The normalized spacial score (nSPS) is 25.4. The van der Waals surface area contributed by atoms with Gasteiger partial charge < -0.3 is 14.9 Å². The highest BCUT2D eigenvalue weighted by Crippen LogP contribution is 2.19. The number of rotatable bonds is 2. The first-order valence-corrected chi connectivity index (χ1v) is 7.85. The van der Waals surface area contributed by atoms with Gasteiger partial charge in [-0.25, -0.2) is 9.10 Å².